The van der Waals surface area contributed by atoms with E-state index in [9.17, 15) is 14.4 Å². The summed E-state index contributed by atoms with van der Waals surface area (Å²) in [4.78, 5) is 40.1. The summed E-state index contributed by atoms with van der Waals surface area (Å²) in [5.41, 5.74) is -0.756. The Morgan fingerprint density at radius 1 is 1.00 bits per heavy atom. The van der Waals surface area contributed by atoms with Gasteiger partial charge in [-0.2, -0.15) is 0 Å². The van der Waals surface area contributed by atoms with Crippen LogP contribution >= 0.6 is 0 Å². The number of aromatic amines is 1. The molecule has 3 atom stereocenters. The second-order valence-electron chi connectivity index (χ2n) is 10.9. The number of hydrogen-bond donors (Lipinski definition) is 1. The Kier molecular flexibility index (Phi) is 8.79. The zero-order valence-corrected chi connectivity index (χ0v) is 22.7. The van der Waals surface area contributed by atoms with Crippen LogP contribution in [0.2, 0.25) is 0 Å². The molecule has 208 valence electrons. The van der Waals surface area contributed by atoms with Gasteiger partial charge in [-0.05, 0) is 76.1 Å². The molecule has 3 rings (SSSR count). The summed E-state index contributed by atoms with van der Waals surface area (Å²) in [6.07, 6.45) is -3.59. The zero-order chi connectivity index (χ0) is 28.1. The lowest BCUT2D eigenvalue weighted by Gasteiger charge is -2.30. The number of H-pyrrole nitrogens is 1. The van der Waals surface area contributed by atoms with Crippen LogP contribution in [-0.4, -0.2) is 86.8 Å². The largest absolute Gasteiger partial charge is 0.509 e. The van der Waals surface area contributed by atoms with Crippen molar-refractivity contribution in [2.24, 2.45) is 0 Å². The fourth-order valence-electron chi connectivity index (χ4n) is 3.86. The molecule has 1 aromatic heterocycles. The van der Waals surface area contributed by atoms with Crippen molar-refractivity contribution in [3.05, 3.63) is 35.7 Å². The first kappa shape index (κ1) is 28.7. The van der Waals surface area contributed by atoms with Gasteiger partial charge in [-0.15, -0.1) is 5.10 Å². The average Bonchev–Trinajstić information content (AvgIpc) is 3.41. The molecule has 1 fully saturated rings. The Morgan fingerprint density at radius 2 is 1.66 bits per heavy atom. The van der Waals surface area contributed by atoms with Crippen molar-refractivity contribution in [3.8, 4) is 5.75 Å². The van der Waals surface area contributed by atoms with Crippen LogP contribution in [0.1, 0.15) is 52.9 Å². The second kappa shape index (κ2) is 11.7. The van der Waals surface area contributed by atoms with Gasteiger partial charge in [-0.1, -0.05) is 12.1 Å². The minimum Gasteiger partial charge on any atom is -0.497 e. The normalized spacial score (nSPS) is 19.6. The second-order valence-corrected chi connectivity index (χ2v) is 10.9. The molecule has 38 heavy (non-hydrogen) atoms. The van der Waals surface area contributed by atoms with Crippen LogP contribution in [0.25, 0.3) is 0 Å². The van der Waals surface area contributed by atoms with E-state index < -0.39 is 47.7 Å². The zero-order valence-electron chi connectivity index (χ0n) is 22.7. The van der Waals surface area contributed by atoms with Crippen molar-refractivity contribution in [3.63, 3.8) is 0 Å². The van der Waals surface area contributed by atoms with Crippen LogP contribution in [0.15, 0.2) is 24.3 Å². The fraction of sp³-hybridized carbons (Fsp3) is 0.600. The maximum Gasteiger partial charge on any atom is 0.509 e. The van der Waals surface area contributed by atoms with Crippen molar-refractivity contribution in [2.45, 2.75) is 83.8 Å². The summed E-state index contributed by atoms with van der Waals surface area (Å²) < 4.78 is 27.6. The molecule has 1 aromatic carbocycles. The highest BCUT2D eigenvalue weighted by Gasteiger charge is 2.50. The van der Waals surface area contributed by atoms with E-state index in [1.807, 2.05) is 12.1 Å². The SMILES string of the molecule is COc1ccc(C[C@@H]2[C@H](OC(=O)Cc3nnn[nH]3)[C@@H](OC(=O)OC(C)(C)C)CN2C(=O)OC(C)(C)C)cc1. The van der Waals surface area contributed by atoms with Crippen molar-refractivity contribution in [1.29, 1.82) is 0 Å². The van der Waals surface area contributed by atoms with E-state index in [1.54, 1.807) is 60.8 Å². The molecular formula is C25H35N5O8. The van der Waals surface area contributed by atoms with Gasteiger partial charge in [0, 0.05) is 0 Å². The van der Waals surface area contributed by atoms with Crippen LogP contribution in [-0.2, 0) is 36.6 Å². The lowest BCUT2D eigenvalue weighted by Crippen LogP contribution is -2.45. The van der Waals surface area contributed by atoms with Gasteiger partial charge in [0.05, 0.1) is 19.7 Å². The Morgan fingerprint density at radius 3 is 2.21 bits per heavy atom. The summed E-state index contributed by atoms with van der Waals surface area (Å²) >= 11 is 0. The Balaban J connectivity index is 1.92. The maximum absolute atomic E-state index is 13.2. The topological polar surface area (TPSA) is 155 Å². The number of ether oxygens (including phenoxy) is 5. The molecule has 13 heteroatoms. The van der Waals surface area contributed by atoms with Crippen LogP contribution in [0.5, 0.6) is 5.75 Å². The molecule has 0 radical (unpaired) electrons. The van der Waals surface area contributed by atoms with E-state index in [0.29, 0.717) is 5.75 Å². The number of likely N-dealkylation sites (tertiary alicyclic amines) is 1. The molecule has 0 saturated carbocycles. The minimum absolute atomic E-state index is 0.0726. The minimum atomic E-state index is -1.03. The average molecular weight is 534 g/mol. The molecule has 0 bridgehead atoms. The Bertz CT molecular complexity index is 1090. The van der Waals surface area contributed by atoms with E-state index >= 15 is 0 Å². The number of carbonyl (C=O) groups excluding carboxylic acids is 3. The lowest BCUT2D eigenvalue weighted by atomic mass is 10.0. The Hall–Kier alpha value is -3.90. The third kappa shape index (κ3) is 8.32. The number of nitrogens with zero attached hydrogens (tertiary/aromatic N) is 4. The number of carbonyl (C=O) groups is 3. The third-order valence-corrected chi connectivity index (χ3v) is 5.36. The number of esters is 1. The molecule has 1 aliphatic heterocycles. The highest BCUT2D eigenvalue weighted by atomic mass is 16.7. The van der Waals surface area contributed by atoms with Gasteiger partial charge in [0.25, 0.3) is 0 Å². The van der Waals surface area contributed by atoms with Gasteiger partial charge >= 0.3 is 18.2 Å². The number of methoxy groups -OCH3 is 1. The molecule has 0 unspecified atom stereocenters. The first-order valence-corrected chi connectivity index (χ1v) is 12.2. The molecule has 2 heterocycles. The lowest BCUT2D eigenvalue weighted by molar-refractivity contribution is -0.155. The monoisotopic (exact) mass is 533 g/mol. The summed E-state index contributed by atoms with van der Waals surface area (Å²) in [5, 5.41) is 13.1. The molecule has 0 spiro atoms. The number of nitrogens with one attached hydrogen (secondary N) is 1. The van der Waals surface area contributed by atoms with E-state index in [-0.39, 0.29) is 25.2 Å². The molecule has 1 aliphatic rings. The number of benzene rings is 1. The van der Waals surface area contributed by atoms with Gasteiger partial charge in [-0.3, -0.25) is 9.69 Å². The quantitative estimate of drug-likeness (QED) is 0.412. The van der Waals surface area contributed by atoms with Crippen molar-refractivity contribution >= 4 is 18.2 Å². The fourth-order valence-corrected chi connectivity index (χ4v) is 3.86. The van der Waals surface area contributed by atoms with E-state index in [0.717, 1.165) is 5.56 Å². The van der Waals surface area contributed by atoms with Crippen LogP contribution < -0.4 is 4.74 Å². The number of amides is 1. The smallest absolute Gasteiger partial charge is 0.497 e. The number of hydrogen-bond acceptors (Lipinski definition) is 11. The van der Waals surface area contributed by atoms with Gasteiger partial charge in [-0.25, -0.2) is 14.7 Å². The predicted molar refractivity (Wildman–Crippen MR) is 132 cm³/mol. The number of aromatic nitrogens is 4. The van der Waals surface area contributed by atoms with E-state index in [4.69, 9.17) is 23.7 Å². The Labute approximate surface area is 221 Å². The van der Waals surface area contributed by atoms with Gasteiger partial charge in [0.2, 0.25) is 0 Å². The van der Waals surface area contributed by atoms with Crippen molar-refractivity contribution in [2.75, 3.05) is 13.7 Å². The first-order valence-electron chi connectivity index (χ1n) is 12.2. The predicted octanol–water partition coefficient (Wildman–Crippen LogP) is 2.84. The maximum atomic E-state index is 13.2. The molecule has 1 amide bonds. The molecular weight excluding hydrogens is 498 g/mol. The molecule has 13 nitrogen and oxygen atoms in total. The first-order chi connectivity index (χ1) is 17.7. The summed E-state index contributed by atoms with van der Waals surface area (Å²) in [6.45, 7) is 10.3. The van der Waals surface area contributed by atoms with Crippen LogP contribution in [0.3, 0.4) is 0 Å². The van der Waals surface area contributed by atoms with E-state index in [2.05, 4.69) is 20.6 Å². The molecule has 1 N–H and O–H groups in total. The summed E-state index contributed by atoms with van der Waals surface area (Å²) in [6, 6.07) is 6.53. The van der Waals surface area contributed by atoms with E-state index in [1.165, 1.54) is 4.90 Å². The highest BCUT2D eigenvalue weighted by molar-refractivity contribution is 5.73. The molecule has 1 saturated heterocycles. The number of rotatable bonds is 7. The molecule has 2 aromatic rings. The van der Waals surface area contributed by atoms with Crippen LogP contribution in [0, 0.1) is 0 Å². The standard InChI is InChI=1S/C25H35N5O8/c1-24(2,3)37-22(32)30-14-18(35-23(33)38-25(4,5)6)21(36-20(31)13-19-26-28-29-27-19)17(30)12-15-8-10-16(34-7)11-9-15/h8-11,17-18,21H,12-14H2,1-7H3,(H,26,27,28,29)/t17-,18+,21+/m1/s1. The van der Waals surface area contributed by atoms with Crippen LogP contribution in [0.4, 0.5) is 9.59 Å². The number of tetrazole rings is 1. The van der Waals surface area contributed by atoms with Gasteiger partial charge in [0.15, 0.2) is 18.0 Å². The van der Waals surface area contributed by atoms with Crippen molar-refractivity contribution < 1.29 is 38.1 Å². The van der Waals surface area contributed by atoms with Gasteiger partial charge < -0.3 is 23.7 Å². The third-order valence-electron chi connectivity index (χ3n) is 5.36. The summed E-state index contributed by atoms with van der Waals surface area (Å²) in [7, 11) is 1.56. The van der Waals surface area contributed by atoms with Gasteiger partial charge in [0.1, 0.15) is 23.4 Å². The highest BCUT2D eigenvalue weighted by Crippen LogP contribution is 2.30. The molecule has 0 aliphatic carbocycles. The van der Waals surface area contributed by atoms with Crippen molar-refractivity contribution in [1.82, 2.24) is 25.5 Å². The summed E-state index contributed by atoms with van der Waals surface area (Å²) in [5.74, 6) is 0.198.